The van der Waals surface area contributed by atoms with Gasteiger partial charge in [-0.15, -0.1) is 0 Å². The number of fused-ring (bicyclic) bond motifs is 2. The monoisotopic (exact) mass is 646 g/mol. The van der Waals surface area contributed by atoms with Crippen LogP contribution in [0, 0.1) is 12.7 Å². The van der Waals surface area contributed by atoms with Crippen molar-refractivity contribution in [2.45, 2.75) is 45.8 Å². The first-order chi connectivity index (χ1) is 21.3. The van der Waals surface area contributed by atoms with E-state index in [4.69, 9.17) is 26.5 Å². The minimum atomic E-state index is -1.94. The van der Waals surface area contributed by atoms with E-state index in [0.29, 0.717) is 52.1 Å². The first-order valence-electron chi connectivity index (χ1n) is 14.5. The number of nitrogen functional groups attached to an aromatic ring is 1. The van der Waals surface area contributed by atoms with Crippen molar-refractivity contribution >= 4 is 70.5 Å². The molecule has 0 radical (unpaired) electrons. The molecule has 5 aromatic rings. The summed E-state index contributed by atoms with van der Waals surface area (Å²) in [6.07, 6.45) is 2.91. The number of amides is 1. The Balaban J connectivity index is 1.46. The second kappa shape index (κ2) is 12.6. The van der Waals surface area contributed by atoms with E-state index >= 15 is 0 Å². The van der Waals surface area contributed by atoms with Gasteiger partial charge in [-0.3, -0.25) is 4.79 Å². The summed E-state index contributed by atoms with van der Waals surface area (Å²) in [6, 6.07) is 13.6. The quantitative estimate of drug-likeness (QED) is 0.108. The van der Waals surface area contributed by atoms with E-state index in [-0.39, 0.29) is 27.1 Å². The summed E-state index contributed by atoms with van der Waals surface area (Å²) in [4.78, 5) is 26.8. The molecule has 0 saturated carbocycles. The molecule has 0 bridgehead atoms. The molecule has 12 heteroatoms. The molecule has 3 aromatic carbocycles. The number of nitrogens with one attached hydrogen (secondary N) is 2. The molecular formula is C33H36ClFN6O3Si. The fourth-order valence-electron chi connectivity index (χ4n) is 4.63. The van der Waals surface area contributed by atoms with Crippen LogP contribution in [0.5, 0.6) is 5.75 Å². The van der Waals surface area contributed by atoms with Crippen LogP contribution in [0.1, 0.15) is 36.7 Å². The third-order valence-electron chi connectivity index (χ3n) is 8.21. The molecule has 2 heterocycles. The van der Waals surface area contributed by atoms with E-state index in [2.05, 4.69) is 59.5 Å². The number of carbonyl (C=O) groups is 1. The fraction of sp³-hybridized carbons (Fsp3) is 0.273. The summed E-state index contributed by atoms with van der Waals surface area (Å²) in [7, 11) is -1.94. The zero-order chi connectivity index (χ0) is 32.5. The second-order valence-corrected chi connectivity index (χ2v) is 17.5. The van der Waals surface area contributed by atoms with Gasteiger partial charge >= 0.3 is 0 Å². The molecule has 0 aliphatic rings. The summed E-state index contributed by atoms with van der Waals surface area (Å²) in [5.74, 6) is 0.0880. The van der Waals surface area contributed by atoms with Crippen LogP contribution >= 0.6 is 11.6 Å². The van der Waals surface area contributed by atoms with Crippen molar-refractivity contribution in [1.82, 2.24) is 15.0 Å². The number of carbonyl (C=O) groups excluding carboxylic acids is 1. The standard InChI is InChI=1S/C33H36ClFN6O3Si/c1-19-10-11-22-21(12-13-37-31(22)40-26-9-7-8-25(34)27(26)35)28(19)41-32(42)24-17-20(16-23-29(24)38-18-39-30(23)36)43-14-15-44-45(5,6)33(2,3)4/h7-13,16-18H,14-15H2,1-6H3,(H,37,40)(H,41,42)(H2,36,38,39). The van der Waals surface area contributed by atoms with Crippen LogP contribution in [0.15, 0.2) is 61.1 Å². The Morgan fingerprint density at radius 3 is 2.56 bits per heavy atom. The van der Waals surface area contributed by atoms with Gasteiger partial charge < -0.3 is 25.5 Å². The van der Waals surface area contributed by atoms with Crippen molar-refractivity contribution in [3.63, 3.8) is 0 Å². The zero-order valence-corrected chi connectivity index (χ0v) is 27.8. The highest BCUT2D eigenvalue weighted by molar-refractivity contribution is 6.74. The summed E-state index contributed by atoms with van der Waals surface area (Å²) in [5, 5.41) is 8.04. The van der Waals surface area contributed by atoms with E-state index < -0.39 is 20.0 Å². The molecule has 0 aliphatic heterocycles. The number of benzene rings is 3. The molecule has 0 unspecified atom stereocenters. The lowest BCUT2D eigenvalue weighted by molar-refractivity contribution is 0.102. The molecule has 5 rings (SSSR count). The molecular weight excluding hydrogens is 611 g/mol. The van der Waals surface area contributed by atoms with Gasteiger partial charge in [-0.1, -0.05) is 50.6 Å². The van der Waals surface area contributed by atoms with Crippen molar-refractivity contribution in [3.05, 3.63) is 83.0 Å². The Hall–Kier alpha value is -4.32. The number of nitrogens with two attached hydrogens (primary N) is 1. The first kappa shape index (κ1) is 32.1. The maximum Gasteiger partial charge on any atom is 0.258 e. The lowest BCUT2D eigenvalue weighted by Crippen LogP contribution is -2.41. The summed E-state index contributed by atoms with van der Waals surface area (Å²) in [5.41, 5.74) is 8.43. The molecule has 0 aliphatic carbocycles. The third kappa shape index (κ3) is 6.70. The van der Waals surface area contributed by atoms with Crippen molar-refractivity contribution < 1.29 is 18.3 Å². The highest BCUT2D eigenvalue weighted by Gasteiger charge is 2.37. The number of ether oxygens (including phenoxy) is 1. The predicted octanol–water partition coefficient (Wildman–Crippen LogP) is 8.26. The van der Waals surface area contributed by atoms with Crippen LogP contribution < -0.4 is 21.1 Å². The fourth-order valence-corrected chi connectivity index (χ4v) is 5.83. The average Bonchev–Trinajstić information content (AvgIpc) is 2.98. The number of aryl methyl sites for hydroxylation is 1. The number of hydrogen-bond donors (Lipinski definition) is 3. The Morgan fingerprint density at radius 2 is 1.80 bits per heavy atom. The van der Waals surface area contributed by atoms with Crippen molar-refractivity contribution in [1.29, 1.82) is 0 Å². The first-order valence-corrected chi connectivity index (χ1v) is 17.8. The molecule has 234 valence electrons. The number of pyridine rings is 1. The highest BCUT2D eigenvalue weighted by Crippen LogP contribution is 2.37. The van der Waals surface area contributed by atoms with Crippen molar-refractivity contribution in [3.8, 4) is 5.75 Å². The Morgan fingerprint density at radius 1 is 1.02 bits per heavy atom. The molecule has 9 nitrogen and oxygen atoms in total. The largest absolute Gasteiger partial charge is 0.491 e. The minimum Gasteiger partial charge on any atom is -0.491 e. The number of hydrogen-bond acceptors (Lipinski definition) is 8. The number of nitrogens with zero attached hydrogens (tertiary/aromatic N) is 3. The maximum atomic E-state index is 14.7. The van der Waals surface area contributed by atoms with E-state index in [1.54, 1.807) is 36.5 Å². The van der Waals surface area contributed by atoms with Gasteiger partial charge in [0.05, 0.1) is 34.1 Å². The topological polar surface area (TPSA) is 124 Å². The number of halogens is 2. The van der Waals surface area contributed by atoms with E-state index in [0.717, 1.165) is 5.56 Å². The third-order valence-corrected chi connectivity index (χ3v) is 13.0. The average molecular weight is 647 g/mol. The van der Waals surface area contributed by atoms with E-state index in [9.17, 15) is 9.18 Å². The van der Waals surface area contributed by atoms with Gasteiger partial charge in [0.1, 0.15) is 30.3 Å². The molecule has 0 saturated heterocycles. The van der Waals surface area contributed by atoms with Crippen LogP contribution in [-0.4, -0.2) is 42.4 Å². The van der Waals surface area contributed by atoms with Crippen LogP contribution in [0.4, 0.5) is 27.4 Å². The zero-order valence-electron chi connectivity index (χ0n) is 26.1. The van der Waals surface area contributed by atoms with Crippen LogP contribution in [0.25, 0.3) is 21.7 Å². The SMILES string of the molecule is Cc1ccc2c(Nc3cccc(Cl)c3F)nccc2c1NC(=O)c1cc(OCCO[Si](C)(C)C(C)(C)C)cc2c(N)ncnc12. The molecule has 0 fully saturated rings. The van der Waals surface area contributed by atoms with Gasteiger partial charge in [0.2, 0.25) is 0 Å². The molecule has 2 aromatic heterocycles. The smallest absolute Gasteiger partial charge is 0.258 e. The number of anilines is 4. The second-order valence-electron chi connectivity index (χ2n) is 12.3. The van der Waals surface area contributed by atoms with Crippen molar-refractivity contribution in [2.24, 2.45) is 0 Å². The highest BCUT2D eigenvalue weighted by atomic mass is 35.5. The minimum absolute atomic E-state index is 0.00459. The van der Waals surface area contributed by atoms with Gasteiger partial charge in [-0.2, -0.15) is 0 Å². The number of rotatable bonds is 9. The van der Waals surface area contributed by atoms with Gasteiger partial charge in [-0.05, 0) is 61.0 Å². The van der Waals surface area contributed by atoms with Crippen LogP contribution in [0.3, 0.4) is 0 Å². The van der Waals surface area contributed by atoms with Crippen molar-refractivity contribution in [2.75, 3.05) is 29.6 Å². The Kier molecular flexibility index (Phi) is 8.97. The van der Waals surface area contributed by atoms with E-state index in [1.807, 2.05) is 19.1 Å². The summed E-state index contributed by atoms with van der Waals surface area (Å²) >= 11 is 5.98. The van der Waals surface area contributed by atoms with Gasteiger partial charge in [-0.25, -0.2) is 19.3 Å². The predicted molar refractivity (Wildman–Crippen MR) is 182 cm³/mol. The number of aromatic nitrogens is 3. The summed E-state index contributed by atoms with van der Waals surface area (Å²) < 4.78 is 27.0. The van der Waals surface area contributed by atoms with Gasteiger partial charge in [0.25, 0.3) is 5.91 Å². The molecule has 0 spiro atoms. The van der Waals surface area contributed by atoms with Gasteiger partial charge in [0.15, 0.2) is 14.1 Å². The molecule has 0 atom stereocenters. The lowest BCUT2D eigenvalue weighted by atomic mass is 10.0. The van der Waals surface area contributed by atoms with Crippen LogP contribution in [0.2, 0.25) is 23.2 Å². The summed E-state index contributed by atoms with van der Waals surface area (Å²) in [6.45, 7) is 13.5. The lowest BCUT2D eigenvalue weighted by Gasteiger charge is -2.36. The maximum absolute atomic E-state index is 14.7. The normalized spacial score (nSPS) is 12.0. The molecule has 45 heavy (non-hydrogen) atoms. The Labute approximate surface area is 267 Å². The molecule has 1 amide bonds. The van der Waals surface area contributed by atoms with E-state index in [1.165, 1.54) is 12.4 Å². The Bertz CT molecular complexity index is 1910. The van der Waals surface area contributed by atoms with Gasteiger partial charge in [0, 0.05) is 22.4 Å². The van der Waals surface area contributed by atoms with Crippen LogP contribution in [-0.2, 0) is 4.43 Å². The molecule has 4 N–H and O–H groups in total.